The van der Waals surface area contributed by atoms with E-state index in [1.165, 1.54) is 11.3 Å². The molecule has 0 radical (unpaired) electrons. The van der Waals surface area contributed by atoms with Crippen LogP contribution >= 0.6 is 11.3 Å². The van der Waals surface area contributed by atoms with Crippen molar-refractivity contribution >= 4 is 23.2 Å². The fourth-order valence-electron chi connectivity index (χ4n) is 2.98. The second-order valence-electron chi connectivity index (χ2n) is 5.86. The molecule has 1 aliphatic rings. The lowest BCUT2D eigenvalue weighted by molar-refractivity contribution is -0.129. The highest BCUT2D eigenvalue weighted by Crippen LogP contribution is 2.28. The van der Waals surface area contributed by atoms with Gasteiger partial charge in [-0.2, -0.15) is 11.3 Å². The third-order valence-corrected chi connectivity index (χ3v) is 5.02. The summed E-state index contributed by atoms with van der Waals surface area (Å²) in [6.07, 6.45) is 5.10. The topological polar surface area (TPSA) is 75.2 Å². The van der Waals surface area contributed by atoms with Gasteiger partial charge in [-0.15, -0.1) is 0 Å². The summed E-state index contributed by atoms with van der Waals surface area (Å²) in [5.41, 5.74) is 2.41. The predicted octanol–water partition coefficient (Wildman–Crippen LogP) is 2.19. The van der Waals surface area contributed by atoms with Crippen molar-refractivity contribution in [2.75, 3.05) is 13.1 Å². The van der Waals surface area contributed by atoms with E-state index in [9.17, 15) is 9.59 Å². The first-order valence-electron chi connectivity index (χ1n) is 8.01. The van der Waals surface area contributed by atoms with Crippen LogP contribution in [-0.2, 0) is 11.3 Å². The molecule has 126 valence electrons. The fourth-order valence-corrected chi connectivity index (χ4v) is 3.62. The Bertz CT molecular complexity index is 709. The molecular weight excluding hydrogens is 324 g/mol. The van der Waals surface area contributed by atoms with Crippen LogP contribution in [0.1, 0.15) is 47.4 Å². The quantitative estimate of drug-likeness (QED) is 0.922. The molecule has 0 spiro atoms. The number of carbonyl (C=O) groups is 2. The highest BCUT2D eigenvalue weighted by Gasteiger charge is 2.25. The van der Waals surface area contributed by atoms with E-state index < -0.39 is 0 Å². The zero-order chi connectivity index (χ0) is 16.9. The first-order chi connectivity index (χ1) is 11.6. The molecule has 3 heterocycles. The van der Waals surface area contributed by atoms with Gasteiger partial charge in [0.25, 0.3) is 5.91 Å². The number of nitrogens with one attached hydrogen (secondary N) is 1. The van der Waals surface area contributed by atoms with E-state index in [0.29, 0.717) is 12.1 Å². The Hall–Kier alpha value is -2.28. The van der Waals surface area contributed by atoms with Crippen LogP contribution in [0.15, 0.2) is 29.2 Å². The molecular formula is C17H20N4O2S. The van der Waals surface area contributed by atoms with Crippen molar-refractivity contribution in [2.24, 2.45) is 0 Å². The lowest BCUT2D eigenvalue weighted by Gasteiger charge is -2.31. The number of hydrogen-bond acceptors (Lipinski definition) is 5. The number of likely N-dealkylation sites (tertiary alicyclic amines) is 1. The van der Waals surface area contributed by atoms with Gasteiger partial charge in [0.05, 0.1) is 17.9 Å². The molecule has 0 bridgehead atoms. The van der Waals surface area contributed by atoms with Gasteiger partial charge in [-0.1, -0.05) is 0 Å². The zero-order valence-corrected chi connectivity index (χ0v) is 14.4. The molecule has 0 aromatic carbocycles. The average Bonchev–Trinajstić information content (AvgIpc) is 3.15. The van der Waals surface area contributed by atoms with E-state index >= 15 is 0 Å². The Morgan fingerprint density at radius 2 is 2.04 bits per heavy atom. The summed E-state index contributed by atoms with van der Waals surface area (Å²) in [4.78, 5) is 34.3. The normalized spacial score (nSPS) is 15.3. The fraction of sp³-hybridized carbons (Fsp3) is 0.412. The summed E-state index contributed by atoms with van der Waals surface area (Å²) in [5, 5.41) is 6.61. The van der Waals surface area contributed by atoms with Crippen molar-refractivity contribution < 1.29 is 9.59 Å². The van der Waals surface area contributed by atoms with Gasteiger partial charge in [0, 0.05) is 49.3 Å². The van der Waals surface area contributed by atoms with E-state index in [1.54, 1.807) is 25.4 Å². The highest BCUT2D eigenvalue weighted by molar-refractivity contribution is 7.08. The zero-order valence-electron chi connectivity index (χ0n) is 13.6. The van der Waals surface area contributed by atoms with Crippen LogP contribution in [0.5, 0.6) is 0 Å². The lowest BCUT2D eigenvalue weighted by atomic mass is 9.92. The van der Waals surface area contributed by atoms with E-state index in [1.807, 2.05) is 15.7 Å². The maximum atomic E-state index is 12.1. The maximum Gasteiger partial charge on any atom is 0.252 e. The van der Waals surface area contributed by atoms with Crippen molar-refractivity contribution in [3.05, 3.63) is 46.2 Å². The molecule has 3 rings (SSSR count). The Kier molecular flexibility index (Phi) is 5.20. The summed E-state index contributed by atoms with van der Waals surface area (Å²) in [6, 6.07) is 1.80. The molecule has 1 N–H and O–H groups in total. The number of hydrogen-bond donors (Lipinski definition) is 1. The van der Waals surface area contributed by atoms with Gasteiger partial charge >= 0.3 is 0 Å². The minimum absolute atomic E-state index is 0.0979. The van der Waals surface area contributed by atoms with Crippen LogP contribution in [0.4, 0.5) is 0 Å². The summed E-state index contributed by atoms with van der Waals surface area (Å²) >= 11 is 1.50. The number of piperidine rings is 1. The Labute approximate surface area is 144 Å². The molecule has 0 unspecified atom stereocenters. The van der Waals surface area contributed by atoms with E-state index in [4.69, 9.17) is 0 Å². The molecule has 0 saturated carbocycles. The van der Waals surface area contributed by atoms with Crippen LogP contribution in [0.3, 0.4) is 0 Å². The van der Waals surface area contributed by atoms with Gasteiger partial charge in [-0.3, -0.25) is 19.6 Å². The third-order valence-electron chi connectivity index (χ3n) is 4.33. The molecule has 0 atom stereocenters. The summed E-state index contributed by atoms with van der Waals surface area (Å²) in [5.74, 6) is 0.303. The van der Waals surface area contributed by atoms with Crippen molar-refractivity contribution in [3.63, 3.8) is 0 Å². The van der Waals surface area contributed by atoms with Crippen LogP contribution < -0.4 is 5.32 Å². The molecule has 6 nitrogen and oxygen atoms in total. The smallest absolute Gasteiger partial charge is 0.252 e. The predicted molar refractivity (Wildman–Crippen MR) is 91.8 cm³/mol. The summed E-state index contributed by atoms with van der Waals surface area (Å²) in [6.45, 7) is 3.47. The standard InChI is InChI=1S/C17H20N4O2S/c1-12(22)21-7-2-13(3-8-21)16-15(18-5-6-19-16)10-20-17(23)14-4-9-24-11-14/h4-6,9,11,13H,2-3,7-8,10H2,1H3,(H,20,23). The number of nitrogens with zero attached hydrogens (tertiary/aromatic N) is 3. The molecule has 2 aromatic rings. The maximum absolute atomic E-state index is 12.1. The van der Waals surface area contributed by atoms with Crippen LogP contribution in [0.25, 0.3) is 0 Å². The van der Waals surface area contributed by atoms with Gasteiger partial charge in [0.15, 0.2) is 0 Å². The average molecular weight is 344 g/mol. The van der Waals surface area contributed by atoms with Gasteiger partial charge in [0.2, 0.25) is 5.91 Å². The SMILES string of the molecule is CC(=O)N1CCC(c2nccnc2CNC(=O)c2ccsc2)CC1. The molecule has 24 heavy (non-hydrogen) atoms. The van der Waals surface area contributed by atoms with E-state index in [2.05, 4.69) is 15.3 Å². The van der Waals surface area contributed by atoms with Crippen molar-refractivity contribution in [3.8, 4) is 0 Å². The Balaban J connectivity index is 1.65. The van der Waals surface area contributed by atoms with Crippen LogP contribution in [0.2, 0.25) is 0 Å². The third kappa shape index (κ3) is 3.79. The highest BCUT2D eigenvalue weighted by atomic mass is 32.1. The molecule has 2 aromatic heterocycles. The summed E-state index contributed by atoms with van der Waals surface area (Å²) in [7, 11) is 0. The molecule has 2 amide bonds. The second kappa shape index (κ2) is 7.53. The lowest BCUT2D eigenvalue weighted by Crippen LogP contribution is -2.37. The molecule has 0 aliphatic carbocycles. The van der Waals surface area contributed by atoms with Gasteiger partial charge in [-0.25, -0.2) is 0 Å². The van der Waals surface area contributed by atoms with Crippen molar-refractivity contribution in [2.45, 2.75) is 32.2 Å². The molecule has 1 saturated heterocycles. The number of carbonyl (C=O) groups excluding carboxylic acids is 2. The van der Waals surface area contributed by atoms with Crippen molar-refractivity contribution in [1.29, 1.82) is 0 Å². The Morgan fingerprint density at radius 1 is 1.29 bits per heavy atom. The van der Waals surface area contributed by atoms with Gasteiger partial charge in [-0.05, 0) is 24.3 Å². The minimum atomic E-state index is -0.0979. The monoisotopic (exact) mass is 344 g/mol. The number of amides is 2. The molecule has 1 fully saturated rings. The first kappa shape index (κ1) is 16.6. The van der Waals surface area contributed by atoms with Crippen LogP contribution in [-0.4, -0.2) is 39.8 Å². The minimum Gasteiger partial charge on any atom is -0.346 e. The summed E-state index contributed by atoms with van der Waals surface area (Å²) < 4.78 is 0. The number of rotatable bonds is 4. The largest absolute Gasteiger partial charge is 0.346 e. The van der Waals surface area contributed by atoms with Gasteiger partial charge < -0.3 is 10.2 Å². The second-order valence-corrected chi connectivity index (χ2v) is 6.64. The van der Waals surface area contributed by atoms with E-state index in [-0.39, 0.29) is 17.7 Å². The number of thiophene rings is 1. The van der Waals surface area contributed by atoms with Crippen molar-refractivity contribution in [1.82, 2.24) is 20.2 Å². The van der Waals surface area contributed by atoms with Crippen LogP contribution in [0, 0.1) is 0 Å². The first-order valence-corrected chi connectivity index (χ1v) is 8.95. The van der Waals surface area contributed by atoms with Gasteiger partial charge in [0.1, 0.15) is 0 Å². The molecule has 7 heteroatoms. The Morgan fingerprint density at radius 3 is 2.71 bits per heavy atom. The molecule has 1 aliphatic heterocycles. The number of aromatic nitrogens is 2. The van der Waals surface area contributed by atoms with E-state index in [0.717, 1.165) is 37.3 Å².